The van der Waals surface area contributed by atoms with E-state index in [-0.39, 0.29) is 11.5 Å². The predicted octanol–water partition coefficient (Wildman–Crippen LogP) is 2.74. The zero-order valence-corrected chi connectivity index (χ0v) is 17.7. The van der Waals surface area contributed by atoms with Crippen molar-refractivity contribution in [1.29, 1.82) is 0 Å². The zero-order valence-electron chi connectivity index (χ0n) is 17.7. The first-order chi connectivity index (χ1) is 15.2. The Balaban J connectivity index is 1.21. The molecule has 1 N–H and O–H groups in total. The molecule has 9 heteroatoms. The molecule has 2 aromatic heterocycles. The third-order valence-electron chi connectivity index (χ3n) is 6.48. The van der Waals surface area contributed by atoms with Crippen molar-refractivity contribution in [2.45, 2.75) is 44.3 Å². The third-order valence-corrected chi connectivity index (χ3v) is 6.48. The van der Waals surface area contributed by atoms with Crippen molar-refractivity contribution >= 4 is 16.8 Å². The van der Waals surface area contributed by atoms with Crippen LogP contribution < -0.4 is 0 Å². The summed E-state index contributed by atoms with van der Waals surface area (Å²) in [5.74, 6) is 1.66. The highest BCUT2D eigenvalue weighted by atomic mass is 16.5. The second kappa shape index (κ2) is 8.39. The van der Waals surface area contributed by atoms with Crippen LogP contribution in [-0.4, -0.2) is 63.6 Å². The van der Waals surface area contributed by atoms with Gasteiger partial charge >= 0.3 is 0 Å². The summed E-state index contributed by atoms with van der Waals surface area (Å²) >= 11 is 0. The van der Waals surface area contributed by atoms with Crippen LogP contribution in [0.3, 0.4) is 0 Å². The molecule has 164 valence electrons. The Bertz CT molecular complexity index is 1050. The Kier molecular flexibility index (Phi) is 5.45. The number of aromatic nitrogens is 4. The van der Waals surface area contributed by atoms with Crippen LogP contribution in [0.1, 0.15) is 47.9 Å². The van der Waals surface area contributed by atoms with Gasteiger partial charge in [0.1, 0.15) is 6.61 Å². The molecule has 1 aromatic carbocycles. The number of methoxy groups -OCH3 is 1. The molecular weight excluding hydrogens is 398 g/mol. The molecule has 0 unspecified atom stereocenters. The molecule has 2 aliphatic heterocycles. The third kappa shape index (κ3) is 4.07. The second-order valence-corrected chi connectivity index (χ2v) is 8.54. The van der Waals surface area contributed by atoms with Gasteiger partial charge in [0.2, 0.25) is 5.89 Å². The van der Waals surface area contributed by atoms with Crippen molar-refractivity contribution in [3.05, 3.63) is 41.7 Å². The van der Waals surface area contributed by atoms with E-state index in [2.05, 4.69) is 20.3 Å². The minimum absolute atomic E-state index is 0.0174. The van der Waals surface area contributed by atoms with Crippen LogP contribution in [0.15, 0.2) is 28.8 Å². The molecule has 1 amide bonds. The first-order valence-electron chi connectivity index (χ1n) is 10.8. The molecule has 2 saturated heterocycles. The summed E-state index contributed by atoms with van der Waals surface area (Å²) in [7, 11) is 1.62. The SMILES string of the molecule is COCc1noc(C[C@H]2CCOC3(CCN(C(=O)c4n[nH]c5ccccc45)CC3)C2)n1. The fourth-order valence-electron chi connectivity index (χ4n) is 4.85. The van der Waals surface area contributed by atoms with E-state index in [1.807, 2.05) is 29.2 Å². The smallest absolute Gasteiger partial charge is 0.274 e. The number of para-hydroxylation sites is 1. The molecular formula is C22H27N5O4. The number of aromatic amines is 1. The van der Waals surface area contributed by atoms with Gasteiger partial charge in [0.05, 0.1) is 11.1 Å². The minimum Gasteiger partial charge on any atom is -0.377 e. The number of hydrogen-bond acceptors (Lipinski definition) is 7. The number of nitrogens with one attached hydrogen (secondary N) is 1. The lowest BCUT2D eigenvalue weighted by atomic mass is 9.78. The average molecular weight is 425 g/mol. The Morgan fingerprint density at radius 1 is 1.32 bits per heavy atom. The molecule has 9 nitrogen and oxygen atoms in total. The molecule has 3 aromatic rings. The normalized spacial score (nSPS) is 21.1. The molecule has 31 heavy (non-hydrogen) atoms. The van der Waals surface area contributed by atoms with Gasteiger partial charge in [-0.15, -0.1) is 0 Å². The first-order valence-corrected chi connectivity index (χ1v) is 10.8. The Morgan fingerprint density at radius 3 is 3.00 bits per heavy atom. The van der Waals surface area contributed by atoms with Crippen LogP contribution in [-0.2, 0) is 22.5 Å². The maximum absolute atomic E-state index is 13.1. The van der Waals surface area contributed by atoms with E-state index in [1.165, 1.54) is 0 Å². The number of carbonyl (C=O) groups is 1. The molecule has 2 fully saturated rings. The molecule has 0 saturated carbocycles. The summed E-state index contributed by atoms with van der Waals surface area (Å²) in [5.41, 5.74) is 1.20. The van der Waals surface area contributed by atoms with E-state index in [1.54, 1.807) is 7.11 Å². The van der Waals surface area contributed by atoms with Gasteiger partial charge in [-0.1, -0.05) is 23.4 Å². The molecule has 1 atom stereocenters. The van der Waals surface area contributed by atoms with E-state index < -0.39 is 0 Å². The number of piperidine rings is 1. The van der Waals surface area contributed by atoms with Gasteiger partial charge in [-0.05, 0) is 37.7 Å². The zero-order chi connectivity index (χ0) is 21.3. The highest BCUT2D eigenvalue weighted by molar-refractivity contribution is 6.04. The first kappa shape index (κ1) is 20.1. The van der Waals surface area contributed by atoms with Crippen LogP contribution in [0.2, 0.25) is 0 Å². The maximum Gasteiger partial charge on any atom is 0.274 e. The number of fused-ring (bicyclic) bond motifs is 1. The molecule has 0 radical (unpaired) electrons. The van der Waals surface area contributed by atoms with Gasteiger partial charge in [-0.3, -0.25) is 9.89 Å². The van der Waals surface area contributed by atoms with Crippen molar-refractivity contribution < 1.29 is 18.8 Å². The lowest BCUT2D eigenvalue weighted by molar-refractivity contribution is -0.124. The van der Waals surface area contributed by atoms with Gasteiger partial charge in [0.15, 0.2) is 11.5 Å². The Labute approximate surface area is 180 Å². The summed E-state index contributed by atoms with van der Waals surface area (Å²) in [6.45, 7) is 2.43. The fourth-order valence-corrected chi connectivity index (χ4v) is 4.85. The minimum atomic E-state index is -0.178. The number of amides is 1. The van der Waals surface area contributed by atoms with Gasteiger partial charge in [0, 0.05) is 38.6 Å². The highest BCUT2D eigenvalue weighted by Crippen LogP contribution is 2.39. The fraction of sp³-hybridized carbons (Fsp3) is 0.545. The summed E-state index contributed by atoms with van der Waals surface area (Å²) < 4.78 is 16.7. The van der Waals surface area contributed by atoms with Crippen LogP contribution in [0.25, 0.3) is 10.9 Å². The van der Waals surface area contributed by atoms with Crippen LogP contribution in [0.4, 0.5) is 0 Å². The standard InChI is InChI=1S/C22H27N5O4/c1-29-14-18-23-19(31-26-18)12-15-6-11-30-22(13-15)7-9-27(10-8-22)21(28)20-16-4-2-3-5-17(16)24-25-20/h2-5,15H,6-14H2,1H3,(H,24,25)/t15-/m1/s1. The van der Waals surface area contributed by atoms with Crippen LogP contribution >= 0.6 is 0 Å². The van der Waals surface area contributed by atoms with Gasteiger partial charge in [-0.25, -0.2) is 0 Å². The number of hydrogen-bond donors (Lipinski definition) is 1. The summed E-state index contributed by atoms with van der Waals surface area (Å²) in [5, 5.41) is 12.0. The van der Waals surface area contributed by atoms with E-state index in [0.717, 1.165) is 49.6 Å². The quantitative estimate of drug-likeness (QED) is 0.670. The van der Waals surface area contributed by atoms with Crippen molar-refractivity contribution in [2.24, 2.45) is 5.92 Å². The van der Waals surface area contributed by atoms with Crippen LogP contribution in [0, 0.1) is 5.92 Å². The monoisotopic (exact) mass is 425 g/mol. The van der Waals surface area contributed by atoms with Gasteiger partial charge < -0.3 is 18.9 Å². The second-order valence-electron chi connectivity index (χ2n) is 8.54. The Hall–Kier alpha value is -2.78. The number of ether oxygens (including phenoxy) is 2. The highest BCUT2D eigenvalue weighted by Gasteiger charge is 2.42. The van der Waals surface area contributed by atoms with E-state index >= 15 is 0 Å². The summed E-state index contributed by atoms with van der Waals surface area (Å²) in [4.78, 5) is 19.4. The summed E-state index contributed by atoms with van der Waals surface area (Å²) in [6, 6.07) is 7.73. The number of rotatable bonds is 5. The maximum atomic E-state index is 13.1. The molecule has 1 spiro atoms. The van der Waals surface area contributed by atoms with Crippen LogP contribution in [0.5, 0.6) is 0 Å². The molecule has 2 aliphatic rings. The molecule has 0 aliphatic carbocycles. The molecule has 4 heterocycles. The largest absolute Gasteiger partial charge is 0.377 e. The average Bonchev–Trinajstić information content (AvgIpc) is 3.41. The van der Waals surface area contributed by atoms with E-state index in [9.17, 15) is 4.79 Å². The van der Waals surface area contributed by atoms with E-state index in [4.69, 9.17) is 14.0 Å². The topological polar surface area (TPSA) is 106 Å². The number of H-pyrrole nitrogens is 1. The predicted molar refractivity (Wildman–Crippen MR) is 111 cm³/mol. The van der Waals surface area contributed by atoms with Crippen molar-refractivity contribution in [1.82, 2.24) is 25.2 Å². The van der Waals surface area contributed by atoms with Crippen molar-refractivity contribution in [3.63, 3.8) is 0 Å². The van der Waals surface area contributed by atoms with Gasteiger partial charge in [0.25, 0.3) is 5.91 Å². The van der Waals surface area contributed by atoms with E-state index in [0.29, 0.717) is 43.0 Å². The molecule has 5 rings (SSSR count). The van der Waals surface area contributed by atoms with Crippen molar-refractivity contribution in [2.75, 3.05) is 26.8 Å². The number of likely N-dealkylation sites (tertiary alicyclic amines) is 1. The van der Waals surface area contributed by atoms with Crippen molar-refractivity contribution in [3.8, 4) is 0 Å². The number of benzene rings is 1. The molecule has 0 bridgehead atoms. The lowest BCUT2D eigenvalue weighted by Gasteiger charge is -2.46. The number of carbonyl (C=O) groups excluding carboxylic acids is 1. The lowest BCUT2D eigenvalue weighted by Crippen LogP contribution is -2.51. The summed E-state index contributed by atoms with van der Waals surface area (Å²) in [6.07, 6.45) is 4.34. The van der Waals surface area contributed by atoms with Gasteiger partial charge in [-0.2, -0.15) is 10.1 Å². The number of nitrogens with zero attached hydrogens (tertiary/aromatic N) is 4. The Morgan fingerprint density at radius 2 is 2.16 bits per heavy atom.